The zero-order valence-corrected chi connectivity index (χ0v) is 13.0. The average Bonchev–Trinajstić information content (AvgIpc) is 2.48. The van der Waals surface area contributed by atoms with Gasteiger partial charge in [-0.05, 0) is 52.3 Å². The highest BCUT2D eigenvalue weighted by atomic mass is 79.9. The molecule has 2 rings (SSSR count). The monoisotopic (exact) mass is 359 g/mol. The molecule has 0 bridgehead atoms. The smallest absolute Gasteiger partial charge is 0.173 e. The van der Waals surface area contributed by atoms with E-state index < -0.39 is 23.5 Å². The Labute approximate surface area is 129 Å². The van der Waals surface area contributed by atoms with Gasteiger partial charge in [0.05, 0.1) is 17.6 Å². The first-order valence-corrected chi connectivity index (χ1v) is 6.93. The van der Waals surface area contributed by atoms with Gasteiger partial charge in [-0.15, -0.1) is 0 Å². The highest BCUT2D eigenvalue weighted by Gasteiger charge is 2.20. The van der Waals surface area contributed by atoms with Crippen LogP contribution in [0.2, 0.25) is 0 Å². The number of ether oxygens (including phenoxy) is 1. The molecule has 6 heteroatoms. The molecule has 2 aromatic rings. The first-order chi connectivity index (χ1) is 9.99. The Balaban J connectivity index is 2.50. The Morgan fingerprint density at radius 2 is 1.81 bits per heavy atom. The minimum atomic E-state index is -0.971. The molecule has 0 spiro atoms. The van der Waals surface area contributed by atoms with Gasteiger partial charge in [-0.1, -0.05) is 12.1 Å². The zero-order chi connectivity index (χ0) is 15.6. The molecule has 0 aromatic heterocycles. The van der Waals surface area contributed by atoms with Crippen molar-refractivity contribution >= 4 is 15.9 Å². The fourth-order valence-electron chi connectivity index (χ4n) is 2.13. The average molecular weight is 360 g/mol. The van der Waals surface area contributed by atoms with Crippen molar-refractivity contribution in [2.75, 3.05) is 14.2 Å². The van der Waals surface area contributed by atoms with Crippen LogP contribution in [-0.2, 0) is 0 Å². The van der Waals surface area contributed by atoms with E-state index in [0.29, 0.717) is 11.1 Å². The highest BCUT2D eigenvalue weighted by Crippen LogP contribution is 2.32. The van der Waals surface area contributed by atoms with Gasteiger partial charge < -0.3 is 10.1 Å². The van der Waals surface area contributed by atoms with E-state index in [1.165, 1.54) is 25.3 Å². The van der Waals surface area contributed by atoms with Gasteiger partial charge >= 0.3 is 0 Å². The lowest BCUT2D eigenvalue weighted by Crippen LogP contribution is -2.19. The maximum absolute atomic E-state index is 13.8. The summed E-state index contributed by atoms with van der Waals surface area (Å²) in [7, 11) is 3.03. The molecule has 0 heterocycles. The van der Waals surface area contributed by atoms with Crippen molar-refractivity contribution < 1.29 is 17.9 Å². The Morgan fingerprint density at radius 1 is 1.10 bits per heavy atom. The first-order valence-electron chi connectivity index (χ1n) is 6.13. The molecule has 1 atom stereocenters. The van der Waals surface area contributed by atoms with Gasteiger partial charge in [0, 0.05) is 0 Å². The third kappa shape index (κ3) is 3.06. The molecule has 0 fully saturated rings. The summed E-state index contributed by atoms with van der Waals surface area (Å²) in [5, 5.41) is 2.96. The number of methoxy groups -OCH3 is 1. The summed E-state index contributed by atoms with van der Waals surface area (Å²) >= 11 is 3.04. The van der Waals surface area contributed by atoms with Gasteiger partial charge in [0.1, 0.15) is 0 Å². The van der Waals surface area contributed by atoms with Crippen LogP contribution < -0.4 is 10.1 Å². The Morgan fingerprint density at radius 3 is 2.38 bits per heavy atom. The lowest BCUT2D eigenvalue weighted by molar-refractivity contribution is 0.386. The summed E-state index contributed by atoms with van der Waals surface area (Å²) in [6.45, 7) is 0. The molecular weight excluding hydrogens is 347 g/mol. The van der Waals surface area contributed by atoms with Crippen molar-refractivity contribution in [3.8, 4) is 5.75 Å². The van der Waals surface area contributed by atoms with Crippen molar-refractivity contribution in [2.24, 2.45) is 0 Å². The van der Waals surface area contributed by atoms with E-state index in [0.717, 1.165) is 6.07 Å². The van der Waals surface area contributed by atoms with Crippen LogP contribution in [0.4, 0.5) is 13.2 Å². The number of hydrogen-bond donors (Lipinski definition) is 1. The maximum atomic E-state index is 13.8. The number of rotatable bonds is 4. The summed E-state index contributed by atoms with van der Waals surface area (Å²) in [5.41, 5.74) is 1.04. The Hall–Kier alpha value is -1.53. The van der Waals surface area contributed by atoms with Crippen LogP contribution >= 0.6 is 15.9 Å². The molecule has 0 amide bonds. The van der Waals surface area contributed by atoms with E-state index in [9.17, 15) is 13.2 Å². The summed E-state index contributed by atoms with van der Waals surface area (Å²) in [6.07, 6.45) is 0. The van der Waals surface area contributed by atoms with E-state index in [-0.39, 0.29) is 10.2 Å². The van der Waals surface area contributed by atoms with Crippen molar-refractivity contribution in [2.45, 2.75) is 6.04 Å². The van der Waals surface area contributed by atoms with Crippen LogP contribution in [0, 0.1) is 17.5 Å². The third-order valence-electron chi connectivity index (χ3n) is 3.17. The van der Waals surface area contributed by atoms with E-state index in [1.807, 2.05) is 0 Å². The molecule has 2 nitrogen and oxygen atoms in total. The van der Waals surface area contributed by atoms with Gasteiger partial charge in [-0.3, -0.25) is 0 Å². The fraction of sp³-hybridized carbons (Fsp3) is 0.200. The molecule has 1 unspecified atom stereocenters. The van der Waals surface area contributed by atoms with Crippen LogP contribution in [0.25, 0.3) is 0 Å². The second-order valence-corrected chi connectivity index (χ2v) is 5.17. The maximum Gasteiger partial charge on any atom is 0.173 e. The van der Waals surface area contributed by atoms with Gasteiger partial charge in [0.15, 0.2) is 23.2 Å². The highest BCUT2D eigenvalue weighted by molar-refractivity contribution is 9.10. The molecular formula is C15H13BrF3NO. The normalized spacial score (nSPS) is 12.3. The number of nitrogens with one attached hydrogen (secondary N) is 1. The molecule has 0 aliphatic rings. The second kappa shape index (κ2) is 6.49. The number of hydrogen-bond acceptors (Lipinski definition) is 2. The topological polar surface area (TPSA) is 21.3 Å². The summed E-state index contributed by atoms with van der Waals surface area (Å²) in [5.74, 6) is -2.31. The molecule has 0 radical (unpaired) electrons. The fourth-order valence-corrected chi connectivity index (χ4v) is 2.68. The standard InChI is InChI=1S/C15H13BrF3NO/c1-20-15(8-3-6-12(21-2)11(18)7-8)9-4-5-10(17)14(19)13(9)16/h3-7,15,20H,1-2H3. The summed E-state index contributed by atoms with van der Waals surface area (Å²) in [4.78, 5) is 0. The van der Waals surface area contributed by atoms with Crippen molar-refractivity contribution in [3.05, 3.63) is 63.4 Å². The zero-order valence-electron chi connectivity index (χ0n) is 11.4. The molecule has 0 aliphatic carbocycles. The van der Waals surface area contributed by atoms with Crippen LogP contribution in [0.5, 0.6) is 5.75 Å². The molecule has 0 saturated carbocycles. The van der Waals surface area contributed by atoms with Crippen molar-refractivity contribution in [3.63, 3.8) is 0 Å². The number of halogens is 4. The predicted molar refractivity (Wildman–Crippen MR) is 77.9 cm³/mol. The number of benzene rings is 2. The molecule has 0 aliphatic heterocycles. The molecule has 0 saturated heterocycles. The van der Waals surface area contributed by atoms with E-state index in [4.69, 9.17) is 4.74 Å². The molecule has 112 valence electrons. The lowest BCUT2D eigenvalue weighted by Gasteiger charge is -2.19. The first kappa shape index (κ1) is 15.9. The van der Waals surface area contributed by atoms with Crippen molar-refractivity contribution in [1.29, 1.82) is 0 Å². The van der Waals surface area contributed by atoms with Crippen LogP contribution in [0.1, 0.15) is 17.2 Å². The third-order valence-corrected chi connectivity index (χ3v) is 3.98. The van der Waals surface area contributed by atoms with Gasteiger partial charge in [0.2, 0.25) is 0 Å². The molecule has 21 heavy (non-hydrogen) atoms. The summed E-state index contributed by atoms with van der Waals surface area (Å²) in [6, 6.07) is 6.45. The van der Waals surface area contributed by atoms with Gasteiger partial charge in [0.25, 0.3) is 0 Å². The van der Waals surface area contributed by atoms with Gasteiger partial charge in [-0.25, -0.2) is 13.2 Å². The Kier molecular flexibility index (Phi) is 4.90. The van der Waals surface area contributed by atoms with E-state index >= 15 is 0 Å². The second-order valence-electron chi connectivity index (χ2n) is 4.38. The molecule has 1 N–H and O–H groups in total. The predicted octanol–water partition coefficient (Wildman–Crippen LogP) is 4.18. The minimum absolute atomic E-state index is 0.0121. The summed E-state index contributed by atoms with van der Waals surface area (Å²) < 4.78 is 45.5. The minimum Gasteiger partial charge on any atom is -0.494 e. The van der Waals surface area contributed by atoms with E-state index in [1.54, 1.807) is 13.1 Å². The van der Waals surface area contributed by atoms with Crippen LogP contribution in [0.15, 0.2) is 34.8 Å². The van der Waals surface area contributed by atoms with Crippen LogP contribution in [0.3, 0.4) is 0 Å². The quantitative estimate of drug-likeness (QED) is 0.826. The van der Waals surface area contributed by atoms with Crippen molar-refractivity contribution in [1.82, 2.24) is 5.32 Å². The van der Waals surface area contributed by atoms with Crippen LogP contribution in [-0.4, -0.2) is 14.2 Å². The largest absolute Gasteiger partial charge is 0.494 e. The van der Waals surface area contributed by atoms with Gasteiger partial charge in [-0.2, -0.15) is 0 Å². The SMILES string of the molecule is CNC(c1ccc(OC)c(F)c1)c1ccc(F)c(F)c1Br. The lowest BCUT2D eigenvalue weighted by atomic mass is 9.98. The van der Waals surface area contributed by atoms with E-state index in [2.05, 4.69) is 21.2 Å². The molecule has 2 aromatic carbocycles. The Bertz CT molecular complexity index is 664.